The van der Waals surface area contributed by atoms with Crippen LogP contribution in [0.25, 0.3) is 11.1 Å². The summed E-state index contributed by atoms with van der Waals surface area (Å²) in [6.07, 6.45) is 0.139. The summed E-state index contributed by atoms with van der Waals surface area (Å²) >= 11 is 1.35. The highest BCUT2D eigenvalue weighted by Gasteiger charge is 2.52. The summed E-state index contributed by atoms with van der Waals surface area (Å²) in [4.78, 5) is 41.2. The van der Waals surface area contributed by atoms with Gasteiger partial charge in [-0.05, 0) is 42.0 Å². The molecule has 5 N–H and O–H groups in total. The van der Waals surface area contributed by atoms with Crippen molar-refractivity contribution in [2.45, 2.75) is 24.8 Å². The van der Waals surface area contributed by atoms with E-state index < -0.39 is 41.2 Å². The Hall–Kier alpha value is -4.20. The van der Waals surface area contributed by atoms with Crippen molar-refractivity contribution in [2.75, 3.05) is 26.3 Å². The molecule has 214 valence electrons. The maximum atomic E-state index is 14.1. The topological polar surface area (TPSA) is 147 Å². The Morgan fingerprint density at radius 3 is 2.46 bits per heavy atom. The highest BCUT2D eigenvalue weighted by Crippen LogP contribution is 2.35. The Bertz CT molecular complexity index is 1490. The fraction of sp³-hybridized carbons (Fsp3) is 0.286. The first-order chi connectivity index (χ1) is 19.6. The van der Waals surface area contributed by atoms with E-state index in [1.54, 1.807) is 11.4 Å². The molecule has 2 aliphatic rings. The van der Waals surface area contributed by atoms with E-state index in [4.69, 9.17) is 20.6 Å². The minimum Gasteiger partial charge on any atom is -0.384 e. The van der Waals surface area contributed by atoms with Crippen molar-refractivity contribution in [3.05, 3.63) is 81.5 Å². The molecule has 1 aromatic heterocycles. The number of benzene rings is 2. The lowest BCUT2D eigenvalue weighted by Crippen LogP contribution is -2.49. The van der Waals surface area contributed by atoms with Gasteiger partial charge in [-0.25, -0.2) is 8.78 Å². The van der Waals surface area contributed by atoms with Gasteiger partial charge in [-0.15, -0.1) is 11.3 Å². The molecule has 10 nitrogen and oxygen atoms in total. The van der Waals surface area contributed by atoms with E-state index in [2.05, 4.69) is 10.6 Å². The van der Waals surface area contributed by atoms with Gasteiger partial charge in [0.15, 0.2) is 5.79 Å². The molecule has 3 amide bonds. The van der Waals surface area contributed by atoms with E-state index in [0.717, 1.165) is 23.1 Å². The summed E-state index contributed by atoms with van der Waals surface area (Å²) < 4.78 is 39.1. The molecule has 2 saturated heterocycles. The third-order valence-corrected chi connectivity index (χ3v) is 7.85. The van der Waals surface area contributed by atoms with Crippen LogP contribution in [0.3, 0.4) is 0 Å². The standard InChI is InChI=1S/C28H27F2N5O5S/c29-19-5-6-22(30)21(10-19)16-1-3-17(4-2-16)26(37)34-13-24(36)35-15-28(39-7-8-40-28)11-23(35)27(38)33-12-20-9-18(14-41-20)25(31)32/h1-6,9-10,14,23H,7-8,11-13,15H2,(H3,31,32)(H,33,38)(H,34,37)/t23-/m0/s1. The summed E-state index contributed by atoms with van der Waals surface area (Å²) in [6, 6.07) is 9.82. The number of hydrogen-bond acceptors (Lipinski definition) is 7. The van der Waals surface area contributed by atoms with E-state index in [1.807, 2.05) is 0 Å². The van der Waals surface area contributed by atoms with Crippen LogP contribution in [0.1, 0.15) is 27.2 Å². The molecule has 2 aliphatic heterocycles. The smallest absolute Gasteiger partial charge is 0.251 e. The SMILES string of the molecule is N=C(N)c1csc(CNC(=O)[C@@H]2CC3(CN2C(=O)CNC(=O)c2ccc(-c4cc(F)ccc4F)cc2)OCCO3)c1. The van der Waals surface area contributed by atoms with Crippen LogP contribution >= 0.6 is 11.3 Å². The van der Waals surface area contributed by atoms with Crippen LogP contribution in [0, 0.1) is 17.0 Å². The second-order valence-corrected chi connectivity index (χ2v) is 10.7. The summed E-state index contributed by atoms with van der Waals surface area (Å²) in [6.45, 7) is 0.514. The average molecular weight is 584 g/mol. The predicted octanol–water partition coefficient (Wildman–Crippen LogP) is 2.37. The average Bonchev–Trinajstić information content (AvgIpc) is 3.72. The predicted molar refractivity (Wildman–Crippen MR) is 146 cm³/mol. The fourth-order valence-electron chi connectivity index (χ4n) is 4.83. The molecule has 0 radical (unpaired) electrons. The van der Waals surface area contributed by atoms with Crippen molar-refractivity contribution in [1.29, 1.82) is 5.41 Å². The molecule has 0 aliphatic carbocycles. The van der Waals surface area contributed by atoms with Gasteiger partial charge >= 0.3 is 0 Å². The lowest BCUT2D eigenvalue weighted by molar-refractivity contribution is -0.152. The number of rotatable bonds is 8. The number of hydrogen-bond donors (Lipinski definition) is 4. The number of carbonyl (C=O) groups is 3. The first-order valence-electron chi connectivity index (χ1n) is 12.7. The van der Waals surface area contributed by atoms with E-state index in [0.29, 0.717) is 24.3 Å². The summed E-state index contributed by atoms with van der Waals surface area (Å²) in [5, 5.41) is 14.6. The van der Waals surface area contributed by atoms with Gasteiger partial charge in [-0.1, -0.05) is 12.1 Å². The number of nitrogens with zero attached hydrogens (tertiary/aromatic N) is 1. The highest BCUT2D eigenvalue weighted by atomic mass is 32.1. The van der Waals surface area contributed by atoms with Crippen molar-refractivity contribution in [1.82, 2.24) is 15.5 Å². The number of carbonyl (C=O) groups excluding carboxylic acids is 3. The first kappa shape index (κ1) is 28.3. The third kappa shape index (κ3) is 6.26. The summed E-state index contributed by atoms with van der Waals surface area (Å²) in [5.74, 6) is -3.79. The van der Waals surface area contributed by atoms with Gasteiger partial charge in [0.25, 0.3) is 5.91 Å². The molecule has 0 bridgehead atoms. The van der Waals surface area contributed by atoms with Crippen LogP contribution in [-0.4, -0.2) is 66.6 Å². The van der Waals surface area contributed by atoms with Crippen LogP contribution in [0.5, 0.6) is 0 Å². The molecular weight excluding hydrogens is 556 g/mol. The van der Waals surface area contributed by atoms with Gasteiger partial charge in [0.05, 0.1) is 32.8 Å². The van der Waals surface area contributed by atoms with Crippen LogP contribution < -0.4 is 16.4 Å². The number of nitrogens with one attached hydrogen (secondary N) is 3. The minimum atomic E-state index is -1.09. The Morgan fingerprint density at radius 1 is 1.05 bits per heavy atom. The molecule has 1 atom stereocenters. The molecule has 2 aromatic carbocycles. The molecular formula is C28H27F2N5O5S. The van der Waals surface area contributed by atoms with Gasteiger partial charge in [0.2, 0.25) is 11.8 Å². The van der Waals surface area contributed by atoms with Gasteiger partial charge in [0.1, 0.15) is 23.5 Å². The maximum Gasteiger partial charge on any atom is 0.251 e. The van der Waals surface area contributed by atoms with Crippen molar-refractivity contribution < 1.29 is 32.6 Å². The van der Waals surface area contributed by atoms with E-state index in [1.165, 1.54) is 40.5 Å². The zero-order chi connectivity index (χ0) is 29.1. The zero-order valence-corrected chi connectivity index (χ0v) is 22.6. The maximum absolute atomic E-state index is 14.1. The largest absolute Gasteiger partial charge is 0.384 e. The number of nitrogens with two attached hydrogens (primary N) is 1. The number of amidine groups is 1. The summed E-state index contributed by atoms with van der Waals surface area (Å²) in [7, 11) is 0. The second-order valence-electron chi connectivity index (χ2n) is 9.67. The number of ether oxygens (including phenoxy) is 2. The molecule has 0 saturated carbocycles. The van der Waals surface area contributed by atoms with Crippen LogP contribution in [-0.2, 0) is 25.6 Å². The molecule has 13 heteroatoms. The monoisotopic (exact) mass is 583 g/mol. The van der Waals surface area contributed by atoms with Crippen molar-refractivity contribution in [3.63, 3.8) is 0 Å². The molecule has 3 aromatic rings. The van der Waals surface area contributed by atoms with Gasteiger partial charge in [-0.2, -0.15) is 0 Å². The lowest BCUT2D eigenvalue weighted by atomic mass is 10.0. The van der Waals surface area contributed by atoms with Crippen LogP contribution in [0.4, 0.5) is 8.78 Å². The van der Waals surface area contributed by atoms with Gasteiger partial charge in [0, 0.05) is 33.4 Å². The second kappa shape index (κ2) is 11.7. The Labute approximate surface area is 237 Å². The molecule has 5 rings (SSSR count). The Kier molecular flexibility index (Phi) is 8.10. The molecule has 1 spiro atoms. The normalized spacial score (nSPS) is 17.5. The van der Waals surface area contributed by atoms with E-state index >= 15 is 0 Å². The zero-order valence-electron chi connectivity index (χ0n) is 21.7. The number of likely N-dealkylation sites (tertiary alicyclic amines) is 1. The first-order valence-corrected chi connectivity index (χ1v) is 13.6. The van der Waals surface area contributed by atoms with E-state index in [-0.39, 0.29) is 43.0 Å². The quantitative estimate of drug-likeness (QED) is 0.237. The van der Waals surface area contributed by atoms with E-state index in [9.17, 15) is 23.2 Å². The van der Waals surface area contributed by atoms with Crippen molar-refractivity contribution in [3.8, 4) is 11.1 Å². The minimum absolute atomic E-state index is 0.0289. The third-order valence-electron chi connectivity index (χ3n) is 6.92. The highest BCUT2D eigenvalue weighted by molar-refractivity contribution is 7.10. The molecule has 2 fully saturated rings. The Balaban J connectivity index is 1.21. The van der Waals surface area contributed by atoms with Gasteiger partial charge in [-0.3, -0.25) is 19.8 Å². The molecule has 41 heavy (non-hydrogen) atoms. The van der Waals surface area contributed by atoms with Gasteiger partial charge < -0.3 is 30.7 Å². The summed E-state index contributed by atoms with van der Waals surface area (Å²) in [5.41, 5.74) is 6.74. The number of thiophene rings is 1. The number of halogens is 2. The number of amides is 3. The Morgan fingerprint density at radius 2 is 1.78 bits per heavy atom. The van der Waals surface area contributed by atoms with Crippen molar-refractivity contribution in [2.24, 2.45) is 5.73 Å². The van der Waals surface area contributed by atoms with Crippen molar-refractivity contribution >= 4 is 34.9 Å². The fourth-order valence-corrected chi connectivity index (χ4v) is 5.65. The number of nitrogen functional groups attached to an aromatic ring is 1. The lowest BCUT2D eigenvalue weighted by Gasteiger charge is -2.24. The van der Waals surface area contributed by atoms with Crippen LogP contribution in [0.15, 0.2) is 53.9 Å². The molecule has 0 unspecified atom stereocenters. The molecule has 3 heterocycles. The van der Waals surface area contributed by atoms with Crippen LogP contribution in [0.2, 0.25) is 0 Å².